The maximum atomic E-state index is 11.4. The molecule has 3 N–H and O–H groups in total. The van der Waals surface area contributed by atoms with E-state index >= 15 is 0 Å². The molecular formula is C12H15NO4. The van der Waals surface area contributed by atoms with E-state index in [0.717, 1.165) is 5.56 Å². The van der Waals surface area contributed by atoms with Crippen LogP contribution in [0.3, 0.4) is 0 Å². The number of benzene rings is 1. The van der Waals surface area contributed by atoms with Crippen LogP contribution in [0.2, 0.25) is 0 Å². The van der Waals surface area contributed by atoms with Crippen LogP contribution in [-0.4, -0.2) is 23.1 Å². The van der Waals surface area contributed by atoms with E-state index in [9.17, 15) is 9.59 Å². The monoisotopic (exact) mass is 237 g/mol. The minimum absolute atomic E-state index is 0.0863. The maximum absolute atomic E-state index is 11.4. The van der Waals surface area contributed by atoms with Gasteiger partial charge in [0.2, 0.25) is 0 Å². The van der Waals surface area contributed by atoms with Crippen molar-refractivity contribution >= 4 is 11.9 Å². The van der Waals surface area contributed by atoms with Crippen LogP contribution in [0.4, 0.5) is 0 Å². The van der Waals surface area contributed by atoms with Crippen molar-refractivity contribution in [3.8, 4) is 0 Å². The molecule has 0 amide bonds. The third kappa shape index (κ3) is 5.12. The molecule has 0 unspecified atom stereocenters. The molecule has 0 aliphatic carbocycles. The minimum Gasteiger partial charge on any atom is -0.481 e. The molecule has 1 atom stereocenters. The number of nitrogens with two attached hydrogens (primary N) is 1. The fraction of sp³-hybridized carbons (Fsp3) is 0.333. The number of carboxylic acid groups (broad SMARTS) is 1. The van der Waals surface area contributed by atoms with E-state index in [1.807, 2.05) is 30.3 Å². The average molecular weight is 237 g/mol. The predicted octanol–water partition coefficient (Wildman–Crippen LogP) is 0.922. The van der Waals surface area contributed by atoms with E-state index in [4.69, 9.17) is 15.6 Å². The van der Waals surface area contributed by atoms with Gasteiger partial charge in [0.05, 0.1) is 0 Å². The zero-order valence-electron chi connectivity index (χ0n) is 9.33. The number of aliphatic carboxylic acids is 1. The first-order valence-electron chi connectivity index (χ1n) is 5.27. The molecule has 0 spiro atoms. The number of esters is 1. The molecule has 17 heavy (non-hydrogen) atoms. The Hall–Kier alpha value is -1.88. The molecule has 1 aromatic rings. The fourth-order valence-corrected chi connectivity index (χ4v) is 1.23. The molecule has 0 aliphatic rings. The molecule has 0 saturated carbocycles. The lowest BCUT2D eigenvalue weighted by atomic mass is 10.2. The van der Waals surface area contributed by atoms with Crippen LogP contribution in [0.1, 0.15) is 18.4 Å². The van der Waals surface area contributed by atoms with Crippen molar-refractivity contribution in [2.24, 2.45) is 5.73 Å². The molecule has 0 bridgehead atoms. The van der Waals surface area contributed by atoms with Gasteiger partial charge in [0.1, 0.15) is 12.6 Å². The number of rotatable bonds is 6. The third-order valence-electron chi connectivity index (χ3n) is 2.20. The highest BCUT2D eigenvalue weighted by Crippen LogP contribution is 2.03. The van der Waals surface area contributed by atoms with Gasteiger partial charge in [-0.15, -0.1) is 0 Å². The standard InChI is InChI=1S/C12H15NO4/c13-10(6-7-11(14)15)12(16)17-8-9-4-2-1-3-5-9/h1-5,10H,6-8,13H2,(H,14,15)/t10-/m1/s1. The topological polar surface area (TPSA) is 89.6 Å². The lowest BCUT2D eigenvalue weighted by Crippen LogP contribution is -2.32. The fourth-order valence-electron chi connectivity index (χ4n) is 1.23. The van der Waals surface area contributed by atoms with Gasteiger partial charge in [0.25, 0.3) is 0 Å². The highest BCUT2D eigenvalue weighted by atomic mass is 16.5. The second kappa shape index (κ2) is 6.65. The first-order valence-corrected chi connectivity index (χ1v) is 5.27. The van der Waals surface area contributed by atoms with E-state index in [1.54, 1.807) is 0 Å². The molecule has 5 heteroatoms. The predicted molar refractivity (Wildman–Crippen MR) is 61.1 cm³/mol. The van der Waals surface area contributed by atoms with Gasteiger partial charge >= 0.3 is 11.9 Å². The molecule has 0 saturated heterocycles. The van der Waals surface area contributed by atoms with Crippen LogP contribution in [0.15, 0.2) is 30.3 Å². The molecule has 0 heterocycles. The number of hydrogen-bond acceptors (Lipinski definition) is 4. The van der Waals surface area contributed by atoms with Crippen molar-refractivity contribution in [1.82, 2.24) is 0 Å². The second-order valence-corrected chi connectivity index (χ2v) is 3.63. The zero-order valence-corrected chi connectivity index (χ0v) is 9.33. The van der Waals surface area contributed by atoms with E-state index in [-0.39, 0.29) is 19.4 Å². The van der Waals surface area contributed by atoms with Gasteiger partial charge in [-0.1, -0.05) is 30.3 Å². The van der Waals surface area contributed by atoms with Gasteiger partial charge in [-0.05, 0) is 12.0 Å². The lowest BCUT2D eigenvalue weighted by molar-refractivity contribution is -0.147. The van der Waals surface area contributed by atoms with Crippen LogP contribution in [0.5, 0.6) is 0 Å². The molecule has 1 rings (SSSR count). The summed E-state index contributed by atoms with van der Waals surface area (Å²) in [5.74, 6) is -1.55. The van der Waals surface area contributed by atoms with Crippen LogP contribution in [0.25, 0.3) is 0 Å². The van der Waals surface area contributed by atoms with Crippen LogP contribution >= 0.6 is 0 Å². The Morgan fingerprint density at radius 1 is 1.29 bits per heavy atom. The van der Waals surface area contributed by atoms with E-state index in [1.165, 1.54) is 0 Å². The molecule has 1 aromatic carbocycles. The lowest BCUT2D eigenvalue weighted by Gasteiger charge is -2.10. The molecule has 92 valence electrons. The Balaban J connectivity index is 2.32. The second-order valence-electron chi connectivity index (χ2n) is 3.63. The van der Waals surface area contributed by atoms with Crippen molar-refractivity contribution in [1.29, 1.82) is 0 Å². The van der Waals surface area contributed by atoms with Gasteiger partial charge < -0.3 is 15.6 Å². The number of carbonyl (C=O) groups is 2. The normalized spacial score (nSPS) is 11.8. The Kier molecular flexibility index (Phi) is 5.16. The molecule has 0 aromatic heterocycles. The molecule has 0 radical (unpaired) electrons. The first kappa shape index (κ1) is 13.2. The highest BCUT2D eigenvalue weighted by molar-refractivity contribution is 5.76. The average Bonchev–Trinajstić information content (AvgIpc) is 2.34. The van der Waals surface area contributed by atoms with Crippen LogP contribution < -0.4 is 5.73 Å². The van der Waals surface area contributed by atoms with Crippen molar-refractivity contribution in [3.05, 3.63) is 35.9 Å². The summed E-state index contributed by atoms with van der Waals surface area (Å²) in [5, 5.41) is 8.44. The summed E-state index contributed by atoms with van der Waals surface area (Å²) in [7, 11) is 0. The van der Waals surface area contributed by atoms with E-state index in [0.29, 0.717) is 0 Å². The van der Waals surface area contributed by atoms with E-state index in [2.05, 4.69) is 0 Å². The smallest absolute Gasteiger partial charge is 0.323 e. The minimum atomic E-state index is -0.976. The summed E-state index contributed by atoms with van der Waals surface area (Å²) < 4.78 is 4.97. The summed E-state index contributed by atoms with van der Waals surface area (Å²) in [4.78, 5) is 21.7. The largest absolute Gasteiger partial charge is 0.481 e. The summed E-state index contributed by atoms with van der Waals surface area (Å²) in [6.45, 7) is 0.153. The van der Waals surface area contributed by atoms with Crippen molar-refractivity contribution in [2.75, 3.05) is 0 Å². The van der Waals surface area contributed by atoms with Crippen molar-refractivity contribution in [3.63, 3.8) is 0 Å². The highest BCUT2D eigenvalue weighted by Gasteiger charge is 2.16. The first-order chi connectivity index (χ1) is 8.09. The van der Waals surface area contributed by atoms with Gasteiger partial charge in [-0.2, -0.15) is 0 Å². The Bertz CT molecular complexity index is 377. The van der Waals surface area contributed by atoms with Gasteiger partial charge in [0, 0.05) is 6.42 Å². The summed E-state index contributed by atoms with van der Waals surface area (Å²) in [5.41, 5.74) is 6.36. The Morgan fingerprint density at radius 3 is 2.53 bits per heavy atom. The molecular weight excluding hydrogens is 222 g/mol. The molecule has 0 fully saturated rings. The van der Waals surface area contributed by atoms with Gasteiger partial charge in [0.15, 0.2) is 0 Å². The number of ether oxygens (including phenoxy) is 1. The number of carboxylic acids is 1. The number of hydrogen-bond donors (Lipinski definition) is 2. The summed E-state index contributed by atoms with van der Waals surface area (Å²) in [6.07, 6.45) is -0.0510. The van der Waals surface area contributed by atoms with Gasteiger partial charge in [-0.3, -0.25) is 9.59 Å². The summed E-state index contributed by atoms with van der Waals surface area (Å²) in [6, 6.07) is 8.33. The van der Waals surface area contributed by atoms with Gasteiger partial charge in [-0.25, -0.2) is 0 Å². The molecule has 0 aliphatic heterocycles. The SMILES string of the molecule is N[C@H](CCC(=O)O)C(=O)OCc1ccccc1. The number of carbonyl (C=O) groups excluding carboxylic acids is 1. The maximum Gasteiger partial charge on any atom is 0.323 e. The zero-order chi connectivity index (χ0) is 12.7. The molecule has 5 nitrogen and oxygen atoms in total. The summed E-state index contributed by atoms with van der Waals surface area (Å²) >= 11 is 0. The Labute approximate surface area is 99.2 Å². The van der Waals surface area contributed by atoms with E-state index < -0.39 is 18.0 Å². The van der Waals surface area contributed by atoms with Crippen LogP contribution in [0, 0.1) is 0 Å². The van der Waals surface area contributed by atoms with Crippen molar-refractivity contribution in [2.45, 2.75) is 25.5 Å². The third-order valence-corrected chi connectivity index (χ3v) is 2.20. The van der Waals surface area contributed by atoms with Crippen LogP contribution in [-0.2, 0) is 20.9 Å². The Morgan fingerprint density at radius 2 is 1.94 bits per heavy atom. The quantitative estimate of drug-likeness (QED) is 0.718. The van der Waals surface area contributed by atoms with Crippen molar-refractivity contribution < 1.29 is 19.4 Å².